The zero-order valence-corrected chi connectivity index (χ0v) is 31.0. The normalized spacial score (nSPS) is 13.3. The van der Waals surface area contributed by atoms with E-state index in [0.29, 0.717) is 12.8 Å². The summed E-state index contributed by atoms with van der Waals surface area (Å²) in [5.41, 5.74) is 0. The van der Waals surface area contributed by atoms with E-state index in [1.54, 1.807) is 0 Å². The Labute approximate surface area is 285 Å². The number of carbonyl (C=O) groups excluding carboxylic acids is 3. The molecule has 0 aliphatic carbocycles. The number of hydrogen-bond acceptors (Lipinski definition) is 5. The van der Waals surface area contributed by atoms with E-state index in [0.717, 1.165) is 38.5 Å². The molecular weight excluding hydrogens is 574 g/mol. The van der Waals surface area contributed by atoms with Crippen molar-refractivity contribution in [1.82, 2.24) is 5.32 Å². The van der Waals surface area contributed by atoms with Crippen molar-refractivity contribution in [3.63, 3.8) is 0 Å². The number of carbonyl (C=O) groups is 3. The summed E-state index contributed by atoms with van der Waals surface area (Å²) in [6.07, 6.45) is 34.0. The molecular formula is C40H77NO5. The van der Waals surface area contributed by atoms with Gasteiger partial charge in [-0.2, -0.15) is 0 Å². The van der Waals surface area contributed by atoms with Gasteiger partial charge in [-0.3, -0.25) is 14.4 Å². The molecule has 0 aliphatic rings. The van der Waals surface area contributed by atoms with Crippen LogP contribution in [0.3, 0.4) is 0 Å². The lowest BCUT2D eigenvalue weighted by Gasteiger charge is -2.30. The summed E-state index contributed by atoms with van der Waals surface area (Å²) in [5, 5.41) is 13.5. The number of Topliss-reactive ketones (excluding diaryl/α,β-unsaturated/α-hetero) is 1. The molecule has 0 rings (SSSR count). The van der Waals surface area contributed by atoms with E-state index in [1.807, 2.05) is 0 Å². The van der Waals surface area contributed by atoms with E-state index in [9.17, 15) is 19.5 Å². The van der Waals surface area contributed by atoms with Crippen LogP contribution in [0.25, 0.3) is 0 Å². The molecule has 0 aromatic carbocycles. The summed E-state index contributed by atoms with van der Waals surface area (Å²) in [7, 11) is 0. The van der Waals surface area contributed by atoms with Gasteiger partial charge in [0.1, 0.15) is 12.2 Å². The highest BCUT2D eigenvalue weighted by Crippen LogP contribution is 2.18. The van der Waals surface area contributed by atoms with Gasteiger partial charge in [0, 0.05) is 13.3 Å². The van der Waals surface area contributed by atoms with Crippen LogP contribution < -0.4 is 5.32 Å². The summed E-state index contributed by atoms with van der Waals surface area (Å²) < 4.78 is 5.55. The van der Waals surface area contributed by atoms with E-state index in [1.165, 1.54) is 155 Å². The highest BCUT2D eigenvalue weighted by molar-refractivity contribution is 5.83. The first-order chi connectivity index (χ1) is 22.3. The fourth-order valence-electron chi connectivity index (χ4n) is 6.43. The number of rotatable bonds is 35. The second-order valence-electron chi connectivity index (χ2n) is 14.0. The number of ether oxygens (including phenoxy) is 1. The molecule has 0 aromatic rings. The van der Waals surface area contributed by atoms with Crippen LogP contribution in [0.5, 0.6) is 0 Å². The first-order valence-corrected chi connectivity index (χ1v) is 20.0. The molecule has 0 spiro atoms. The Hall–Kier alpha value is -1.43. The van der Waals surface area contributed by atoms with Crippen LogP contribution in [0, 0.1) is 0 Å². The zero-order chi connectivity index (χ0) is 34.1. The lowest BCUT2D eigenvalue weighted by Crippen LogP contribution is -2.54. The minimum atomic E-state index is -1.39. The van der Waals surface area contributed by atoms with Gasteiger partial charge in [0.25, 0.3) is 0 Å². The molecule has 0 heterocycles. The lowest BCUT2D eigenvalue weighted by atomic mass is 9.96. The van der Waals surface area contributed by atoms with Crippen LogP contribution in [0.2, 0.25) is 0 Å². The van der Waals surface area contributed by atoms with Crippen molar-refractivity contribution in [2.45, 2.75) is 239 Å². The third-order valence-corrected chi connectivity index (χ3v) is 9.40. The molecule has 272 valence electrons. The Bertz CT molecular complexity index is 712. The van der Waals surface area contributed by atoms with E-state index in [4.69, 9.17) is 4.74 Å². The van der Waals surface area contributed by atoms with Crippen LogP contribution in [0.4, 0.5) is 0 Å². The summed E-state index contributed by atoms with van der Waals surface area (Å²) in [6, 6.07) is -0.914. The second-order valence-corrected chi connectivity index (χ2v) is 14.0. The molecule has 2 N–H and O–H groups in total. The SMILES string of the molecule is CCCCCCCCCCCCCCCCCCCC(=O)NC(C(CCCCCCCCCCCCC)OC(C)=O)C(O)C(C)=O. The summed E-state index contributed by atoms with van der Waals surface area (Å²) in [5.74, 6) is -1.09. The van der Waals surface area contributed by atoms with Crippen molar-refractivity contribution in [3.8, 4) is 0 Å². The third kappa shape index (κ3) is 28.8. The maximum Gasteiger partial charge on any atom is 0.302 e. The van der Waals surface area contributed by atoms with Gasteiger partial charge in [-0.15, -0.1) is 0 Å². The molecule has 1 amide bonds. The maximum absolute atomic E-state index is 12.8. The van der Waals surface area contributed by atoms with Gasteiger partial charge < -0.3 is 15.2 Å². The van der Waals surface area contributed by atoms with Crippen LogP contribution in [0.15, 0.2) is 0 Å². The quantitative estimate of drug-likeness (QED) is 0.0525. The number of ketones is 1. The van der Waals surface area contributed by atoms with Gasteiger partial charge >= 0.3 is 5.97 Å². The molecule has 0 aromatic heterocycles. The number of esters is 1. The number of aliphatic hydroxyl groups excluding tert-OH is 1. The predicted octanol–water partition coefficient (Wildman–Crippen LogP) is 11.1. The topological polar surface area (TPSA) is 92.7 Å². The Balaban J connectivity index is 4.19. The highest BCUT2D eigenvalue weighted by Gasteiger charge is 2.34. The smallest absolute Gasteiger partial charge is 0.302 e. The van der Waals surface area contributed by atoms with Crippen molar-refractivity contribution in [2.24, 2.45) is 0 Å². The highest BCUT2D eigenvalue weighted by atomic mass is 16.5. The van der Waals surface area contributed by atoms with E-state index in [2.05, 4.69) is 19.2 Å². The molecule has 6 heteroatoms. The Morgan fingerprint density at radius 3 is 1.17 bits per heavy atom. The van der Waals surface area contributed by atoms with Crippen molar-refractivity contribution < 1.29 is 24.2 Å². The van der Waals surface area contributed by atoms with Gasteiger partial charge in [0.05, 0.1) is 6.04 Å². The van der Waals surface area contributed by atoms with Crippen molar-refractivity contribution >= 4 is 17.7 Å². The first-order valence-electron chi connectivity index (χ1n) is 20.0. The lowest BCUT2D eigenvalue weighted by molar-refractivity contribution is -0.153. The molecule has 0 aliphatic heterocycles. The monoisotopic (exact) mass is 652 g/mol. The van der Waals surface area contributed by atoms with Gasteiger partial charge in [-0.05, 0) is 26.2 Å². The van der Waals surface area contributed by atoms with Gasteiger partial charge in [0.15, 0.2) is 5.78 Å². The molecule has 6 nitrogen and oxygen atoms in total. The minimum Gasteiger partial charge on any atom is -0.460 e. The summed E-state index contributed by atoms with van der Waals surface area (Å²) in [4.78, 5) is 36.8. The van der Waals surface area contributed by atoms with Crippen molar-refractivity contribution in [3.05, 3.63) is 0 Å². The van der Waals surface area contributed by atoms with Crippen LogP contribution in [0.1, 0.15) is 220 Å². The van der Waals surface area contributed by atoms with E-state index < -0.39 is 30.0 Å². The fraction of sp³-hybridized carbons (Fsp3) is 0.925. The van der Waals surface area contributed by atoms with Gasteiger partial charge in [-0.25, -0.2) is 0 Å². The van der Waals surface area contributed by atoms with Crippen LogP contribution in [-0.4, -0.2) is 41.0 Å². The zero-order valence-electron chi connectivity index (χ0n) is 31.0. The molecule has 0 radical (unpaired) electrons. The van der Waals surface area contributed by atoms with Gasteiger partial charge in [-0.1, -0.05) is 181 Å². The third-order valence-electron chi connectivity index (χ3n) is 9.40. The molecule has 0 bridgehead atoms. The number of nitrogens with one attached hydrogen (secondary N) is 1. The average Bonchev–Trinajstić information content (AvgIpc) is 3.02. The molecule has 0 fully saturated rings. The van der Waals surface area contributed by atoms with Crippen LogP contribution >= 0.6 is 0 Å². The van der Waals surface area contributed by atoms with Crippen molar-refractivity contribution in [1.29, 1.82) is 0 Å². The number of aliphatic hydroxyl groups is 1. The first kappa shape index (κ1) is 44.6. The van der Waals surface area contributed by atoms with Crippen molar-refractivity contribution in [2.75, 3.05) is 0 Å². The summed E-state index contributed by atoms with van der Waals surface area (Å²) >= 11 is 0. The second kappa shape index (κ2) is 33.5. The Morgan fingerprint density at radius 1 is 0.522 bits per heavy atom. The standard InChI is InChI=1S/C40H77NO5/c1-5-7-9-11-13-15-17-18-19-20-21-22-24-26-28-30-32-34-38(44)41-39(40(45)35(3)42)37(46-36(4)43)33-31-29-27-25-23-16-14-12-10-8-6-2/h37,39-40,45H,5-34H2,1-4H3,(H,41,44). The fourth-order valence-corrected chi connectivity index (χ4v) is 6.43. The molecule has 0 saturated heterocycles. The molecule has 46 heavy (non-hydrogen) atoms. The number of amides is 1. The van der Waals surface area contributed by atoms with Crippen LogP contribution in [-0.2, 0) is 19.1 Å². The largest absolute Gasteiger partial charge is 0.460 e. The average molecular weight is 652 g/mol. The van der Waals surface area contributed by atoms with E-state index in [-0.39, 0.29) is 5.91 Å². The van der Waals surface area contributed by atoms with E-state index >= 15 is 0 Å². The molecule has 3 atom stereocenters. The molecule has 0 saturated carbocycles. The number of hydrogen-bond donors (Lipinski definition) is 2. The Kier molecular flexibility index (Phi) is 32.4. The maximum atomic E-state index is 12.8. The van der Waals surface area contributed by atoms with Gasteiger partial charge in [0.2, 0.25) is 5.91 Å². The molecule has 3 unspecified atom stereocenters. The Morgan fingerprint density at radius 2 is 0.848 bits per heavy atom. The predicted molar refractivity (Wildman–Crippen MR) is 194 cm³/mol. The number of unbranched alkanes of at least 4 members (excludes halogenated alkanes) is 26. The minimum absolute atomic E-state index is 0.192. The summed E-state index contributed by atoms with van der Waals surface area (Å²) in [6.45, 7) is 7.16.